The van der Waals surface area contributed by atoms with Gasteiger partial charge in [-0.1, -0.05) is 24.3 Å². The molecule has 0 aliphatic carbocycles. The van der Waals surface area contributed by atoms with E-state index in [9.17, 15) is 4.79 Å². The molecule has 0 bridgehead atoms. The first-order valence-corrected chi connectivity index (χ1v) is 9.04. The van der Waals surface area contributed by atoms with Crippen LogP contribution in [0.5, 0.6) is 0 Å². The van der Waals surface area contributed by atoms with Crippen LogP contribution in [0.4, 0.5) is 5.69 Å². The average molecular weight is 332 g/mol. The third kappa shape index (κ3) is 2.84. The van der Waals surface area contributed by atoms with Gasteiger partial charge >= 0.3 is 0 Å². The molecule has 0 radical (unpaired) electrons. The quantitative estimate of drug-likeness (QED) is 0.699. The van der Waals surface area contributed by atoms with E-state index in [2.05, 4.69) is 79.3 Å². The highest BCUT2D eigenvalue weighted by molar-refractivity contribution is 5.92. The molecule has 0 spiro atoms. The van der Waals surface area contributed by atoms with Gasteiger partial charge in [-0.25, -0.2) is 0 Å². The first kappa shape index (κ1) is 15.9. The summed E-state index contributed by atoms with van der Waals surface area (Å²) in [5, 5.41) is 4.82. The second-order valence-corrected chi connectivity index (χ2v) is 7.40. The predicted octanol–water partition coefficient (Wildman–Crippen LogP) is 5.20. The number of rotatable bonds is 2. The number of hydrogen-bond acceptors (Lipinski definition) is 2. The molecule has 1 atom stereocenters. The van der Waals surface area contributed by atoms with Gasteiger partial charge in [0.1, 0.15) is 5.78 Å². The number of carbonyl (C=O) groups excluding carboxylic acids is 1. The SMILES string of the molecule is CC(C)n1ccc2cc(-c3cccc4c3N[C@H](C)CC(=O)C4)ccc21. The van der Waals surface area contributed by atoms with Gasteiger partial charge in [0.2, 0.25) is 0 Å². The number of benzene rings is 2. The minimum Gasteiger partial charge on any atom is -0.381 e. The second-order valence-electron chi connectivity index (χ2n) is 7.40. The summed E-state index contributed by atoms with van der Waals surface area (Å²) in [7, 11) is 0. The van der Waals surface area contributed by atoms with Crippen LogP contribution in [0.2, 0.25) is 0 Å². The molecule has 3 aromatic rings. The maximum Gasteiger partial charge on any atom is 0.139 e. The van der Waals surface area contributed by atoms with Gasteiger partial charge in [0.05, 0.1) is 0 Å². The predicted molar refractivity (Wildman–Crippen MR) is 104 cm³/mol. The Balaban J connectivity index is 1.84. The van der Waals surface area contributed by atoms with Crippen LogP contribution in [0.15, 0.2) is 48.7 Å². The molecule has 0 fully saturated rings. The van der Waals surface area contributed by atoms with Gasteiger partial charge in [-0.2, -0.15) is 0 Å². The molecule has 0 saturated carbocycles. The Morgan fingerprint density at radius 3 is 2.80 bits per heavy atom. The van der Waals surface area contributed by atoms with E-state index in [1.54, 1.807) is 0 Å². The van der Waals surface area contributed by atoms with Gasteiger partial charge in [0.15, 0.2) is 0 Å². The lowest BCUT2D eigenvalue weighted by molar-refractivity contribution is -0.118. The van der Waals surface area contributed by atoms with E-state index in [1.165, 1.54) is 22.0 Å². The summed E-state index contributed by atoms with van der Waals surface area (Å²) in [4.78, 5) is 12.1. The average Bonchev–Trinajstić information content (AvgIpc) is 2.92. The number of nitrogens with zero attached hydrogens (tertiary/aromatic N) is 1. The monoisotopic (exact) mass is 332 g/mol. The maximum absolute atomic E-state index is 12.1. The number of fused-ring (bicyclic) bond motifs is 2. The minimum atomic E-state index is 0.167. The molecule has 2 heterocycles. The van der Waals surface area contributed by atoms with E-state index in [-0.39, 0.29) is 6.04 Å². The van der Waals surface area contributed by atoms with Gasteiger partial charge in [-0.15, -0.1) is 0 Å². The summed E-state index contributed by atoms with van der Waals surface area (Å²) in [5.41, 5.74) is 5.85. The van der Waals surface area contributed by atoms with Gasteiger partial charge in [0, 0.05) is 53.3 Å². The molecule has 1 aliphatic heterocycles. The van der Waals surface area contributed by atoms with E-state index < -0.39 is 0 Å². The molecule has 1 aromatic heterocycles. The van der Waals surface area contributed by atoms with Crippen LogP contribution in [0.1, 0.15) is 38.8 Å². The molecule has 1 aliphatic rings. The van der Waals surface area contributed by atoms with E-state index in [4.69, 9.17) is 0 Å². The largest absolute Gasteiger partial charge is 0.381 e. The van der Waals surface area contributed by atoms with E-state index in [1.807, 2.05) is 0 Å². The summed E-state index contributed by atoms with van der Waals surface area (Å²) in [6.45, 7) is 6.48. The highest BCUT2D eigenvalue weighted by Crippen LogP contribution is 2.35. The lowest BCUT2D eigenvalue weighted by Crippen LogP contribution is -2.17. The fourth-order valence-corrected chi connectivity index (χ4v) is 3.86. The van der Waals surface area contributed by atoms with Gasteiger partial charge in [-0.05, 0) is 50.1 Å². The van der Waals surface area contributed by atoms with Crippen LogP contribution < -0.4 is 5.32 Å². The zero-order valence-corrected chi connectivity index (χ0v) is 15.0. The molecule has 25 heavy (non-hydrogen) atoms. The lowest BCUT2D eigenvalue weighted by atomic mass is 9.97. The molecular weight excluding hydrogens is 308 g/mol. The number of aromatic nitrogens is 1. The normalized spacial score (nSPS) is 17.4. The number of carbonyl (C=O) groups is 1. The van der Waals surface area contributed by atoms with Crippen molar-refractivity contribution < 1.29 is 4.79 Å². The highest BCUT2D eigenvalue weighted by atomic mass is 16.1. The van der Waals surface area contributed by atoms with E-state index in [0.29, 0.717) is 24.7 Å². The summed E-state index contributed by atoms with van der Waals surface area (Å²) in [5.74, 6) is 0.306. The van der Waals surface area contributed by atoms with Crippen LogP contribution >= 0.6 is 0 Å². The van der Waals surface area contributed by atoms with Crippen LogP contribution in [-0.4, -0.2) is 16.4 Å². The molecule has 2 aromatic carbocycles. The van der Waals surface area contributed by atoms with Crippen molar-refractivity contribution in [3.05, 3.63) is 54.2 Å². The maximum atomic E-state index is 12.1. The summed E-state index contributed by atoms with van der Waals surface area (Å²) >= 11 is 0. The Hall–Kier alpha value is -2.55. The van der Waals surface area contributed by atoms with Crippen molar-refractivity contribution in [2.75, 3.05) is 5.32 Å². The summed E-state index contributed by atoms with van der Waals surface area (Å²) in [6.07, 6.45) is 3.26. The zero-order valence-electron chi connectivity index (χ0n) is 15.0. The molecule has 0 unspecified atom stereocenters. The molecule has 1 N–H and O–H groups in total. The number of Topliss-reactive ketones (excluding diaryl/α,β-unsaturated/α-hetero) is 1. The molecule has 0 amide bonds. The Bertz CT molecular complexity index is 952. The number of nitrogens with one attached hydrogen (secondary N) is 1. The summed E-state index contributed by atoms with van der Waals surface area (Å²) < 4.78 is 2.30. The second kappa shape index (κ2) is 6.07. The molecule has 3 heteroatoms. The molecule has 3 nitrogen and oxygen atoms in total. The topological polar surface area (TPSA) is 34.0 Å². The van der Waals surface area contributed by atoms with Crippen LogP contribution in [0.3, 0.4) is 0 Å². The van der Waals surface area contributed by atoms with Gasteiger partial charge in [-0.3, -0.25) is 4.79 Å². The Labute approximate surface area is 148 Å². The molecule has 0 saturated heterocycles. The van der Waals surface area contributed by atoms with Crippen molar-refractivity contribution in [3.63, 3.8) is 0 Å². The lowest BCUT2D eigenvalue weighted by Gasteiger charge is -2.17. The van der Waals surface area contributed by atoms with E-state index >= 15 is 0 Å². The number of hydrogen-bond donors (Lipinski definition) is 1. The zero-order chi connectivity index (χ0) is 17.6. The third-order valence-electron chi connectivity index (χ3n) is 5.05. The molecule has 4 rings (SSSR count). The van der Waals surface area contributed by atoms with Crippen molar-refractivity contribution in [1.29, 1.82) is 0 Å². The van der Waals surface area contributed by atoms with Crippen LogP contribution in [0, 0.1) is 0 Å². The van der Waals surface area contributed by atoms with Crippen molar-refractivity contribution in [1.82, 2.24) is 4.57 Å². The minimum absolute atomic E-state index is 0.167. The van der Waals surface area contributed by atoms with Crippen molar-refractivity contribution >= 4 is 22.4 Å². The van der Waals surface area contributed by atoms with Crippen LogP contribution in [0.25, 0.3) is 22.0 Å². The fourth-order valence-electron chi connectivity index (χ4n) is 3.86. The Kier molecular flexibility index (Phi) is 3.87. The molecular formula is C22H24N2O. The Morgan fingerprint density at radius 1 is 1.16 bits per heavy atom. The van der Waals surface area contributed by atoms with E-state index in [0.717, 1.165) is 11.3 Å². The van der Waals surface area contributed by atoms with Gasteiger partial charge in [0.25, 0.3) is 0 Å². The first-order valence-electron chi connectivity index (χ1n) is 9.04. The first-order chi connectivity index (χ1) is 12.0. The standard InChI is InChI=1S/C22H24N2O/c1-14(2)24-10-9-17-12-16(7-8-21(17)24)20-6-4-5-18-13-19(25)11-15(3)23-22(18)20/h4-10,12,14-15,23H,11,13H2,1-3H3/t15-/m1/s1. The Morgan fingerprint density at radius 2 is 2.00 bits per heavy atom. The van der Waals surface area contributed by atoms with Crippen molar-refractivity contribution in [2.24, 2.45) is 0 Å². The van der Waals surface area contributed by atoms with Crippen molar-refractivity contribution in [3.8, 4) is 11.1 Å². The van der Waals surface area contributed by atoms with Gasteiger partial charge < -0.3 is 9.88 Å². The number of para-hydroxylation sites is 1. The smallest absolute Gasteiger partial charge is 0.139 e. The van der Waals surface area contributed by atoms with Crippen LogP contribution in [-0.2, 0) is 11.2 Å². The number of ketones is 1. The fraction of sp³-hybridized carbons (Fsp3) is 0.318. The summed E-state index contributed by atoms with van der Waals surface area (Å²) in [6, 6.07) is 15.7. The van der Waals surface area contributed by atoms with Crippen molar-refractivity contribution in [2.45, 2.75) is 45.7 Å². The molecule has 128 valence electrons. The number of anilines is 1. The third-order valence-corrected chi connectivity index (χ3v) is 5.05. The highest BCUT2D eigenvalue weighted by Gasteiger charge is 2.21.